The Balaban J connectivity index is 1.73. The van der Waals surface area contributed by atoms with Gasteiger partial charge in [0.1, 0.15) is 11.5 Å². The molecule has 2 rings (SSSR count). The number of para-hydroxylation sites is 1. The second kappa shape index (κ2) is 9.51. The molecule has 0 aliphatic carbocycles. The van der Waals surface area contributed by atoms with Crippen LogP contribution in [0.1, 0.15) is 26.2 Å². The van der Waals surface area contributed by atoms with Crippen LogP contribution in [0.4, 0.5) is 5.69 Å². The van der Waals surface area contributed by atoms with Crippen molar-refractivity contribution in [3.05, 3.63) is 54.6 Å². The Hall–Kier alpha value is -2.49. The summed E-state index contributed by atoms with van der Waals surface area (Å²) in [6.45, 7) is 3.18. The van der Waals surface area contributed by atoms with Gasteiger partial charge >= 0.3 is 0 Å². The first-order valence-electron chi connectivity index (χ1n) is 8.11. The molecule has 0 heterocycles. The maximum absolute atomic E-state index is 11.7. The zero-order chi connectivity index (χ0) is 16.3. The summed E-state index contributed by atoms with van der Waals surface area (Å²) in [6.07, 6.45) is 3.34. The maximum atomic E-state index is 11.7. The molecule has 4 nitrogen and oxygen atoms in total. The topological polar surface area (TPSA) is 50.4 Å². The van der Waals surface area contributed by atoms with Gasteiger partial charge in [0.05, 0.1) is 6.54 Å². The van der Waals surface area contributed by atoms with Crippen molar-refractivity contribution in [1.29, 1.82) is 0 Å². The number of hydrogen-bond donors (Lipinski definition) is 2. The van der Waals surface area contributed by atoms with E-state index in [4.69, 9.17) is 4.74 Å². The van der Waals surface area contributed by atoms with Crippen LogP contribution >= 0.6 is 0 Å². The van der Waals surface area contributed by atoms with Crippen LogP contribution < -0.4 is 15.4 Å². The first-order valence-corrected chi connectivity index (χ1v) is 8.11. The number of anilines is 1. The molecule has 0 saturated carbocycles. The monoisotopic (exact) mass is 312 g/mol. The van der Waals surface area contributed by atoms with Crippen LogP contribution in [0.2, 0.25) is 0 Å². The summed E-state index contributed by atoms with van der Waals surface area (Å²) in [5.41, 5.74) is 0.897. The van der Waals surface area contributed by atoms with Crippen LogP contribution in [0, 0.1) is 0 Å². The molecule has 4 heteroatoms. The van der Waals surface area contributed by atoms with Gasteiger partial charge in [0.15, 0.2) is 0 Å². The lowest BCUT2D eigenvalue weighted by atomic mass is 10.2. The molecule has 122 valence electrons. The SMILES string of the molecule is CCCCCNC(=O)CNc1ccc(Oc2ccccc2)cc1. The van der Waals surface area contributed by atoms with Crippen molar-refractivity contribution in [2.75, 3.05) is 18.4 Å². The Bertz CT molecular complexity index is 582. The molecule has 0 atom stereocenters. The summed E-state index contributed by atoms with van der Waals surface area (Å²) < 4.78 is 5.73. The molecule has 0 aliphatic heterocycles. The van der Waals surface area contributed by atoms with Crippen molar-refractivity contribution >= 4 is 11.6 Å². The van der Waals surface area contributed by atoms with E-state index in [1.165, 1.54) is 0 Å². The summed E-state index contributed by atoms with van der Waals surface area (Å²) in [6, 6.07) is 17.2. The Morgan fingerprint density at radius 1 is 0.957 bits per heavy atom. The Kier molecular flexibility index (Phi) is 6.98. The van der Waals surface area contributed by atoms with Gasteiger partial charge in [0.2, 0.25) is 5.91 Å². The van der Waals surface area contributed by atoms with Crippen LogP contribution in [-0.4, -0.2) is 19.0 Å². The zero-order valence-electron chi connectivity index (χ0n) is 13.5. The van der Waals surface area contributed by atoms with E-state index >= 15 is 0 Å². The number of amides is 1. The fourth-order valence-electron chi connectivity index (χ4n) is 2.11. The van der Waals surface area contributed by atoms with E-state index in [0.717, 1.165) is 43.0 Å². The summed E-state index contributed by atoms with van der Waals surface area (Å²) in [7, 11) is 0. The van der Waals surface area contributed by atoms with Crippen LogP contribution in [0.3, 0.4) is 0 Å². The minimum absolute atomic E-state index is 0.0192. The largest absolute Gasteiger partial charge is 0.457 e. The van der Waals surface area contributed by atoms with Crippen LogP contribution in [0.5, 0.6) is 11.5 Å². The minimum Gasteiger partial charge on any atom is -0.457 e. The number of benzene rings is 2. The number of ether oxygens (including phenoxy) is 1. The molecular weight excluding hydrogens is 288 g/mol. The highest BCUT2D eigenvalue weighted by Crippen LogP contribution is 2.22. The fraction of sp³-hybridized carbons (Fsp3) is 0.316. The summed E-state index contributed by atoms with van der Waals surface area (Å²) in [5, 5.41) is 6.01. The highest BCUT2D eigenvalue weighted by molar-refractivity contribution is 5.80. The number of carbonyl (C=O) groups excluding carboxylic acids is 1. The third-order valence-electron chi connectivity index (χ3n) is 3.39. The highest BCUT2D eigenvalue weighted by atomic mass is 16.5. The number of unbranched alkanes of at least 4 members (excludes halogenated alkanes) is 2. The van der Waals surface area contributed by atoms with E-state index in [-0.39, 0.29) is 12.5 Å². The smallest absolute Gasteiger partial charge is 0.239 e. The van der Waals surface area contributed by atoms with E-state index < -0.39 is 0 Å². The number of hydrogen-bond acceptors (Lipinski definition) is 3. The summed E-state index contributed by atoms with van der Waals surface area (Å²) in [4.78, 5) is 11.7. The summed E-state index contributed by atoms with van der Waals surface area (Å²) >= 11 is 0. The lowest BCUT2D eigenvalue weighted by Gasteiger charge is -2.09. The van der Waals surface area contributed by atoms with E-state index in [1.54, 1.807) is 0 Å². The standard InChI is InChI=1S/C19H24N2O2/c1-2-3-7-14-20-19(22)15-21-16-10-12-18(13-11-16)23-17-8-5-4-6-9-17/h4-6,8-13,21H,2-3,7,14-15H2,1H3,(H,20,22). The van der Waals surface area contributed by atoms with Gasteiger partial charge in [-0.15, -0.1) is 0 Å². The molecule has 2 aromatic carbocycles. The van der Waals surface area contributed by atoms with E-state index in [1.807, 2.05) is 54.6 Å². The normalized spacial score (nSPS) is 10.1. The second-order valence-electron chi connectivity index (χ2n) is 5.35. The number of nitrogens with one attached hydrogen (secondary N) is 2. The van der Waals surface area contributed by atoms with Crippen molar-refractivity contribution in [3.8, 4) is 11.5 Å². The van der Waals surface area contributed by atoms with Crippen LogP contribution in [0.25, 0.3) is 0 Å². The second-order valence-corrected chi connectivity index (χ2v) is 5.35. The molecule has 1 amide bonds. The van der Waals surface area contributed by atoms with Gasteiger partial charge in [0, 0.05) is 12.2 Å². The van der Waals surface area contributed by atoms with Crippen molar-refractivity contribution in [2.45, 2.75) is 26.2 Å². The quantitative estimate of drug-likeness (QED) is 0.682. The zero-order valence-corrected chi connectivity index (χ0v) is 13.5. The Labute approximate surface area is 137 Å². The molecule has 0 unspecified atom stereocenters. The molecule has 0 aromatic heterocycles. The third-order valence-corrected chi connectivity index (χ3v) is 3.39. The molecular formula is C19H24N2O2. The summed E-state index contributed by atoms with van der Waals surface area (Å²) in [5.74, 6) is 1.59. The first kappa shape index (κ1) is 16.9. The average molecular weight is 312 g/mol. The van der Waals surface area contributed by atoms with Gasteiger partial charge in [-0.1, -0.05) is 38.0 Å². The predicted octanol–water partition coefficient (Wildman–Crippen LogP) is 4.20. The van der Waals surface area contributed by atoms with Gasteiger partial charge in [-0.25, -0.2) is 0 Å². The van der Waals surface area contributed by atoms with Crippen LogP contribution in [0.15, 0.2) is 54.6 Å². The van der Waals surface area contributed by atoms with Crippen molar-refractivity contribution in [3.63, 3.8) is 0 Å². The number of rotatable bonds is 9. The predicted molar refractivity (Wildman–Crippen MR) is 94.0 cm³/mol. The van der Waals surface area contributed by atoms with Gasteiger partial charge < -0.3 is 15.4 Å². The van der Waals surface area contributed by atoms with E-state index in [9.17, 15) is 4.79 Å². The van der Waals surface area contributed by atoms with Gasteiger partial charge in [-0.05, 0) is 42.8 Å². The van der Waals surface area contributed by atoms with Crippen molar-refractivity contribution in [2.24, 2.45) is 0 Å². The fourth-order valence-corrected chi connectivity index (χ4v) is 2.11. The van der Waals surface area contributed by atoms with Crippen LogP contribution in [-0.2, 0) is 4.79 Å². The van der Waals surface area contributed by atoms with E-state index in [2.05, 4.69) is 17.6 Å². The molecule has 0 saturated heterocycles. The molecule has 2 N–H and O–H groups in total. The molecule has 2 aromatic rings. The minimum atomic E-state index is 0.0192. The molecule has 0 radical (unpaired) electrons. The highest BCUT2D eigenvalue weighted by Gasteiger charge is 2.01. The molecule has 0 bridgehead atoms. The van der Waals surface area contributed by atoms with Crippen molar-refractivity contribution < 1.29 is 9.53 Å². The van der Waals surface area contributed by atoms with Crippen molar-refractivity contribution in [1.82, 2.24) is 5.32 Å². The maximum Gasteiger partial charge on any atom is 0.239 e. The number of carbonyl (C=O) groups is 1. The van der Waals surface area contributed by atoms with Gasteiger partial charge in [0.25, 0.3) is 0 Å². The average Bonchev–Trinajstić information content (AvgIpc) is 2.59. The van der Waals surface area contributed by atoms with Gasteiger partial charge in [-0.2, -0.15) is 0 Å². The molecule has 0 spiro atoms. The lowest BCUT2D eigenvalue weighted by Crippen LogP contribution is -2.30. The third kappa shape index (κ3) is 6.43. The Morgan fingerprint density at radius 3 is 2.35 bits per heavy atom. The molecule has 23 heavy (non-hydrogen) atoms. The molecule has 0 aliphatic rings. The Morgan fingerprint density at radius 2 is 1.65 bits per heavy atom. The lowest BCUT2D eigenvalue weighted by molar-refractivity contribution is -0.119. The first-order chi connectivity index (χ1) is 11.3. The molecule has 0 fully saturated rings. The van der Waals surface area contributed by atoms with Gasteiger partial charge in [-0.3, -0.25) is 4.79 Å². The van der Waals surface area contributed by atoms with E-state index in [0.29, 0.717) is 0 Å².